The summed E-state index contributed by atoms with van der Waals surface area (Å²) in [6.07, 6.45) is 1.68. The van der Waals surface area contributed by atoms with Gasteiger partial charge in [-0.25, -0.2) is 4.98 Å². The molecule has 0 spiro atoms. The zero-order chi connectivity index (χ0) is 19.2. The van der Waals surface area contributed by atoms with E-state index in [0.717, 1.165) is 11.3 Å². The summed E-state index contributed by atoms with van der Waals surface area (Å²) >= 11 is 0. The Hall–Kier alpha value is -3.14. The van der Waals surface area contributed by atoms with Crippen molar-refractivity contribution in [2.24, 2.45) is 0 Å². The van der Waals surface area contributed by atoms with E-state index in [2.05, 4.69) is 35.4 Å². The monoisotopic (exact) mass is 359 g/mol. The van der Waals surface area contributed by atoms with Crippen molar-refractivity contribution in [3.8, 4) is 0 Å². The fourth-order valence-corrected chi connectivity index (χ4v) is 3.07. The molecule has 3 rings (SSSR count). The average Bonchev–Trinajstić information content (AvgIpc) is 2.67. The van der Waals surface area contributed by atoms with Gasteiger partial charge in [0.15, 0.2) is 0 Å². The molecule has 0 fully saturated rings. The van der Waals surface area contributed by atoms with E-state index >= 15 is 0 Å². The van der Waals surface area contributed by atoms with Gasteiger partial charge in [-0.1, -0.05) is 42.0 Å². The van der Waals surface area contributed by atoms with E-state index in [1.165, 1.54) is 11.1 Å². The highest BCUT2D eigenvalue weighted by atomic mass is 16.2. The van der Waals surface area contributed by atoms with Crippen LogP contribution in [0.3, 0.4) is 0 Å². The number of hydrogen-bond acceptors (Lipinski definition) is 3. The molecule has 0 radical (unpaired) electrons. The minimum Gasteiger partial charge on any atom is -0.366 e. The quantitative estimate of drug-likeness (QED) is 0.675. The Morgan fingerprint density at radius 2 is 1.74 bits per heavy atom. The van der Waals surface area contributed by atoms with Gasteiger partial charge in [0.1, 0.15) is 5.82 Å². The van der Waals surface area contributed by atoms with Crippen LogP contribution in [0, 0.1) is 13.8 Å². The van der Waals surface area contributed by atoms with E-state index in [9.17, 15) is 4.79 Å². The van der Waals surface area contributed by atoms with Crippen LogP contribution < -0.4 is 10.2 Å². The fourth-order valence-electron chi connectivity index (χ4n) is 3.07. The summed E-state index contributed by atoms with van der Waals surface area (Å²) in [6.45, 7) is 7.37. The first-order chi connectivity index (χ1) is 13.1. The third-order valence-electron chi connectivity index (χ3n) is 4.44. The van der Waals surface area contributed by atoms with Crippen LogP contribution in [0.5, 0.6) is 0 Å². The number of carbonyl (C=O) groups excluding carboxylic acids is 1. The van der Waals surface area contributed by atoms with Gasteiger partial charge in [0.25, 0.3) is 5.91 Å². The Kier molecular flexibility index (Phi) is 5.87. The van der Waals surface area contributed by atoms with Crippen molar-refractivity contribution in [2.45, 2.75) is 27.3 Å². The van der Waals surface area contributed by atoms with Crippen molar-refractivity contribution in [3.05, 3.63) is 89.1 Å². The van der Waals surface area contributed by atoms with E-state index in [1.54, 1.807) is 17.2 Å². The predicted octanol–water partition coefficient (Wildman–Crippen LogP) is 4.98. The minimum absolute atomic E-state index is 0.0240. The molecule has 0 aliphatic carbocycles. The van der Waals surface area contributed by atoms with E-state index in [1.807, 2.05) is 50.2 Å². The van der Waals surface area contributed by atoms with Crippen LogP contribution in [0.1, 0.15) is 34.0 Å². The Morgan fingerprint density at radius 1 is 1.00 bits per heavy atom. The maximum Gasteiger partial charge on any atom is 0.258 e. The SMILES string of the molecule is CCN(C(=O)c1ccnc(NCc2cccc(C)c2)c1)c1cccc(C)c1. The lowest BCUT2D eigenvalue weighted by atomic mass is 10.1. The second-order valence-electron chi connectivity index (χ2n) is 6.66. The molecular weight excluding hydrogens is 334 g/mol. The van der Waals surface area contributed by atoms with Crippen molar-refractivity contribution < 1.29 is 4.79 Å². The molecule has 1 heterocycles. The third kappa shape index (κ3) is 4.73. The summed E-state index contributed by atoms with van der Waals surface area (Å²) in [4.78, 5) is 19.2. The average molecular weight is 359 g/mol. The summed E-state index contributed by atoms with van der Waals surface area (Å²) in [5.41, 5.74) is 5.08. The van der Waals surface area contributed by atoms with E-state index in [-0.39, 0.29) is 5.91 Å². The number of carbonyl (C=O) groups is 1. The maximum absolute atomic E-state index is 13.0. The molecule has 4 heteroatoms. The van der Waals surface area contributed by atoms with Crippen molar-refractivity contribution in [1.29, 1.82) is 0 Å². The molecule has 0 aliphatic heterocycles. The Balaban J connectivity index is 1.76. The molecule has 4 nitrogen and oxygen atoms in total. The van der Waals surface area contributed by atoms with Gasteiger partial charge in [-0.05, 0) is 56.2 Å². The number of hydrogen-bond donors (Lipinski definition) is 1. The van der Waals surface area contributed by atoms with Crippen molar-refractivity contribution in [3.63, 3.8) is 0 Å². The highest BCUT2D eigenvalue weighted by Crippen LogP contribution is 2.19. The molecule has 3 aromatic rings. The molecule has 0 bridgehead atoms. The predicted molar refractivity (Wildman–Crippen MR) is 111 cm³/mol. The summed E-state index contributed by atoms with van der Waals surface area (Å²) in [6, 6.07) is 19.9. The third-order valence-corrected chi connectivity index (χ3v) is 4.44. The summed E-state index contributed by atoms with van der Waals surface area (Å²) in [7, 11) is 0. The molecule has 1 aromatic heterocycles. The lowest BCUT2D eigenvalue weighted by molar-refractivity contribution is 0.0988. The number of rotatable bonds is 6. The zero-order valence-electron chi connectivity index (χ0n) is 16.1. The van der Waals surface area contributed by atoms with Crippen LogP contribution in [0.2, 0.25) is 0 Å². The number of aryl methyl sites for hydroxylation is 2. The van der Waals surface area contributed by atoms with Crippen LogP contribution in [0.15, 0.2) is 66.9 Å². The Bertz CT molecular complexity index is 936. The molecular formula is C23H25N3O. The first-order valence-electron chi connectivity index (χ1n) is 9.21. The number of nitrogens with zero attached hydrogens (tertiary/aromatic N) is 2. The number of anilines is 2. The van der Waals surface area contributed by atoms with Crippen molar-refractivity contribution >= 4 is 17.4 Å². The minimum atomic E-state index is -0.0240. The first kappa shape index (κ1) is 18.6. The summed E-state index contributed by atoms with van der Waals surface area (Å²) in [5, 5.41) is 3.31. The van der Waals surface area contributed by atoms with Crippen LogP contribution >= 0.6 is 0 Å². The molecule has 0 unspecified atom stereocenters. The van der Waals surface area contributed by atoms with Gasteiger partial charge >= 0.3 is 0 Å². The molecule has 0 saturated carbocycles. The van der Waals surface area contributed by atoms with E-state index in [0.29, 0.717) is 24.5 Å². The van der Waals surface area contributed by atoms with E-state index < -0.39 is 0 Å². The van der Waals surface area contributed by atoms with Crippen molar-refractivity contribution in [1.82, 2.24) is 4.98 Å². The lowest BCUT2D eigenvalue weighted by Crippen LogP contribution is -2.30. The molecule has 2 aromatic carbocycles. The first-order valence-corrected chi connectivity index (χ1v) is 9.21. The summed E-state index contributed by atoms with van der Waals surface area (Å²) < 4.78 is 0. The molecule has 27 heavy (non-hydrogen) atoms. The molecule has 1 N–H and O–H groups in total. The maximum atomic E-state index is 13.0. The van der Waals surface area contributed by atoms with Crippen LogP contribution in [0.25, 0.3) is 0 Å². The molecule has 1 amide bonds. The zero-order valence-corrected chi connectivity index (χ0v) is 16.1. The number of aromatic nitrogens is 1. The van der Waals surface area contributed by atoms with Gasteiger partial charge in [0, 0.05) is 30.5 Å². The molecule has 0 saturated heterocycles. The Labute approximate surface area is 160 Å². The molecule has 0 aliphatic rings. The van der Waals surface area contributed by atoms with Gasteiger partial charge in [-0.2, -0.15) is 0 Å². The van der Waals surface area contributed by atoms with Gasteiger partial charge in [-0.15, -0.1) is 0 Å². The smallest absolute Gasteiger partial charge is 0.258 e. The summed E-state index contributed by atoms with van der Waals surface area (Å²) in [5.74, 6) is 0.673. The largest absolute Gasteiger partial charge is 0.366 e. The van der Waals surface area contributed by atoms with Gasteiger partial charge in [-0.3, -0.25) is 4.79 Å². The number of nitrogens with one attached hydrogen (secondary N) is 1. The standard InChI is InChI=1S/C23H25N3O/c1-4-26(21-10-6-8-18(3)14-21)23(27)20-11-12-24-22(15-20)25-16-19-9-5-7-17(2)13-19/h5-15H,4,16H2,1-3H3,(H,24,25). The number of amides is 1. The van der Waals surface area contributed by atoms with Crippen molar-refractivity contribution in [2.75, 3.05) is 16.8 Å². The molecule has 138 valence electrons. The van der Waals surface area contributed by atoms with Gasteiger partial charge in [0.05, 0.1) is 0 Å². The van der Waals surface area contributed by atoms with Gasteiger partial charge in [0.2, 0.25) is 0 Å². The van der Waals surface area contributed by atoms with Crippen LogP contribution in [-0.2, 0) is 6.54 Å². The second kappa shape index (κ2) is 8.49. The normalized spacial score (nSPS) is 10.5. The Morgan fingerprint density at radius 3 is 2.44 bits per heavy atom. The molecule has 0 atom stereocenters. The highest BCUT2D eigenvalue weighted by Gasteiger charge is 2.16. The van der Waals surface area contributed by atoms with Gasteiger partial charge < -0.3 is 10.2 Å². The number of pyridine rings is 1. The topological polar surface area (TPSA) is 45.2 Å². The lowest BCUT2D eigenvalue weighted by Gasteiger charge is -2.21. The van der Waals surface area contributed by atoms with Crippen LogP contribution in [0.4, 0.5) is 11.5 Å². The van der Waals surface area contributed by atoms with E-state index in [4.69, 9.17) is 0 Å². The fraction of sp³-hybridized carbons (Fsp3) is 0.217. The second-order valence-corrected chi connectivity index (χ2v) is 6.66. The number of benzene rings is 2. The highest BCUT2D eigenvalue weighted by molar-refractivity contribution is 6.06. The van der Waals surface area contributed by atoms with Crippen LogP contribution in [-0.4, -0.2) is 17.4 Å².